The van der Waals surface area contributed by atoms with Gasteiger partial charge in [-0.25, -0.2) is 0 Å². The minimum Gasteiger partial charge on any atom is -0.349 e. The predicted octanol–water partition coefficient (Wildman–Crippen LogP) is 4.15. The molecule has 1 aromatic heterocycles. The number of nitrogens with one attached hydrogen (secondary N) is 2. The average Bonchev–Trinajstić information content (AvgIpc) is 2.82. The molecule has 0 spiro atoms. The summed E-state index contributed by atoms with van der Waals surface area (Å²) in [5, 5.41) is 6.62. The SMILES string of the molecule is Cc1cc(C(=O)NC2CCNC(C)C2)c(C)n1-c1cccc(Br)c1.Cl. The minimum atomic E-state index is 0. The van der Waals surface area contributed by atoms with Gasteiger partial charge in [-0.1, -0.05) is 22.0 Å². The number of hydrogen-bond acceptors (Lipinski definition) is 2. The van der Waals surface area contributed by atoms with Crippen molar-refractivity contribution >= 4 is 34.2 Å². The van der Waals surface area contributed by atoms with E-state index in [1.807, 2.05) is 32.0 Å². The molecule has 3 rings (SSSR count). The Kier molecular flexibility index (Phi) is 6.72. The van der Waals surface area contributed by atoms with Gasteiger partial charge < -0.3 is 15.2 Å². The summed E-state index contributed by atoms with van der Waals surface area (Å²) in [5.74, 6) is 0.0310. The Morgan fingerprint density at radius 2 is 2.08 bits per heavy atom. The molecule has 2 heterocycles. The lowest BCUT2D eigenvalue weighted by atomic mass is 10.0. The highest BCUT2D eigenvalue weighted by Gasteiger charge is 2.23. The monoisotopic (exact) mass is 425 g/mol. The van der Waals surface area contributed by atoms with E-state index in [2.05, 4.69) is 50.2 Å². The van der Waals surface area contributed by atoms with Gasteiger partial charge in [0.15, 0.2) is 0 Å². The van der Waals surface area contributed by atoms with Gasteiger partial charge in [0.25, 0.3) is 5.91 Å². The molecule has 4 nitrogen and oxygen atoms in total. The molecule has 1 aliphatic heterocycles. The molecule has 25 heavy (non-hydrogen) atoms. The third kappa shape index (κ3) is 4.46. The van der Waals surface area contributed by atoms with E-state index < -0.39 is 0 Å². The number of aromatic nitrogens is 1. The van der Waals surface area contributed by atoms with Crippen LogP contribution in [-0.4, -0.2) is 29.1 Å². The molecule has 2 unspecified atom stereocenters. The van der Waals surface area contributed by atoms with Crippen molar-refractivity contribution in [3.63, 3.8) is 0 Å². The second-order valence-electron chi connectivity index (χ2n) is 6.65. The van der Waals surface area contributed by atoms with Crippen LogP contribution in [0.3, 0.4) is 0 Å². The smallest absolute Gasteiger partial charge is 0.253 e. The fraction of sp³-hybridized carbons (Fsp3) is 0.421. The molecule has 1 amide bonds. The second-order valence-corrected chi connectivity index (χ2v) is 7.57. The Morgan fingerprint density at radius 3 is 2.76 bits per heavy atom. The molecule has 1 saturated heterocycles. The highest BCUT2D eigenvalue weighted by Crippen LogP contribution is 2.23. The van der Waals surface area contributed by atoms with Crippen LogP contribution in [-0.2, 0) is 0 Å². The maximum absolute atomic E-state index is 12.8. The number of rotatable bonds is 3. The lowest BCUT2D eigenvalue weighted by Gasteiger charge is -2.28. The molecule has 1 aliphatic rings. The van der Waals surface area contributed by atoms with Gasteiger partial charge in [0.1, 0.15) is 0 Å². The van der Waals surface area contributed by atoms with Gasteiger partial charge in [0.05, 0.1) is 5.56 Å². The standard InChI is InChI=1S/C19H24BrN3O.ClH/c1-12-9-16(7-8-21-12)22-19(24)18-10-13(2)23(14(18)3)17-6-4-5-15(20)11-17;/h4-6,10-12,16,21H,7-9H2,1-3H3,(H,22,24);1H. The number of nitrogens with zero attached hydrogens (tertiary/aromatic N) is 1. The Morgan fingerprint density at radius 1 is 1.32 bits per heavy atom. The zero-order valence-corrected chi connectivity index (χ0v) is 17.2. The van der Waals surface area contributed by atoms with E-state index in [9.17, 15) is 4.79 Å². The van der Waals surface area contributed by atoms with Gasteiger partial charge in [-0.2, -0.15) is 0 Å². The van der Waals surface area contributed by atoms with Gasteiger partial charge >= 0.3 is 0 Å². The zero-order chi connectivity index (χ0) is 17.3. The molecular weight excluding hydrogens is 402 g/mol. The number of carbonyl (C=O) groups excluding carboxylic acids is 1. The molecule has 2 atom stereocenters. The van der Waals surface area contributed by atoms with Gasteiger partial charge in [-0.3, -0.25) is 4.79 Å². The molecule has 0 bridgehead atoms. The van der Waals surface area contributed by atoms with Crippen molar-refractivity contribution in [1.29, 1.82) is 0 Å². The first kappa shape index (κ1) is 20.0. The number of carbonyl (C=O) groups is 1. The normalized spacial score (nSPS) is 20.0. The molecule has 0 saturated carbocycles. The van der Waals surface area contributed by atoms with Crippen LogP contribution in [0.25, 0.3) is 5.69 Å². The van der Waals surface area contributed by atoms with E-state index in [-0.39, 0.29) is 24.4 Å². The fourth-order valence-electron chi connectivity index (χ4n) is 3.53. The van der Waals surface area contributed by atoms with Crippen molar-refractivity contribution in [2.45, 2.75) is 45.7 Å². The summed E-state index contributed by atoms with van der Waals surface area (Å²) in [6.07, 6.45) is 1.97. The maximum Gasteiger partial charge on any atom is 0.253 e. The molecule has 2 aromatic rings. The molecule has 0 aliphatic carbocycles. The number of amides is 1. The predicted molar refractivity (Wildman–Crippen MR) is 108 cm³/mol. The number of hydrogen-bond donors (Lipinski definition) is 2. The molecule has 1 fully saturated rings. The van der Waals surface area contributed by atoms with Gasteiger partial charge in [0.2, 0.25) is 0 Å². The molecule has 0 radical (unpaired) electrons. The number of benzene rings is 1. The minimum absolute atomic E-state index is 0. The van der Waals surface area contributed by atoms with Crippen LogP contribution in [0, 0.1) is 13.8 Å². The lowest BCUT2D eigenvalue weighted by molar-refractivity contribution is 0.0925. The van der Waals surface area contributed by atoms with Crippen molar-refractivity contribution in [2.24, 2.45) is 0 Å². The summed E-state index contributed by atoms with van der Waals surface area (Å²) >= 11 is 3.52. The summed E-state index contributed by atoms with van der Waals surface area (Å²) in [6, 6.07) is 10.8. The summed E-state index contributed by atoms with van der Waals surface area (Å²) in [7, 11) is 0. The first-order valence-corrected chi connectivity index (χ1v) is 9.24. The van der Waals surface area contributed by atoms with E-state index >= 15 is 0 Å². The Bertz CT molecular complexity index is 759. The van der Waals surface area contributed by atoms with Crippen molar-refractivity contribution in [3.05, 3.63) is 51.8 Å². The van der Waals surface area contributed by atoms with Crippen LogP contribution in [0.1, 0.15) is 41.5 Å². The van der Waals surface area contributed by atoms with Crippen LogP contribution < -0.4 is 10.6 Å². The third-order valence-electron chi connectivity index (χ3n) is 4.70. The van der Waals surface area contributed by atoms with Gasteiger partial charge in [-0.05, 0) is 64.4 Å². The van der Waals surface area contributed by atoms with Crippen molar-refractivity contribution in [3.8, 4) is 5.69 Å². The van der Waals surface area contributed by atoms with E-state index in [1.54, 1.807) is 0 Å². The topological polar surface area (TPSA) is 46.1 Å². The Labute approximate surface area is 163 Å². The van der Waals surface area contributed by atoms with E-state index in [0.717, 1.165) is 46.5 Å². The first-order valence-electron chi connectivity index (χ1n) is 8.45. The van der Waals surface area contributed by atoms with Gasteiger partial charge in [-0.15, -0.1) is 12.4 Å². The largest absolute Gasteiger partial charge is 0.349 e. The molecule has 2 N–H and O–H groups in total. The summed E-state index contributed by atoms with van der Waals surface area (Å²) in [4.78, 5) is 12.8. The van der Waals surface area contributed by atoms with E-state index in [4.69, 9.17) is 0 Å². The van der Waals surface area contributed by atoms with Gasteiger partial charge in [0, 0.05) is 33.6 Å². The van der Waals surface area contributed by atoms with Crippen LogP contribution in [0.5, 0.6) is 0 Å². The molecule has 136 valence electrons. The van der Waals surface area contributed by atoms with E-state index in [0.29, 0.717) is 6.04 Å². The Hall–Kier alpha value is -1.30. The van der Waals surface area contributed by atoms with Crippen LogP contribution in [0.15, 0.2) is 34.8 Å². The molecular formula is C19H25BrClN3O. The maximum atomic E-state index is 12.8. The second kappa shape index (κ2) is 8.39. The average molecular weight is 427 g/mol. The highest BCUT2D eigenvalue weighted by molar-refractivity contribution is 9.10. The zero-order valence-electron chi connectivity index (χ0n) is 14.8. The Balaban J connectivity index is 0.00000225. The highest BCUT2D eigenvalue weighted by atomic mass is 79.9. The van der Waals surface area contributed by atoms with Crippen molar-refractivity contribution in [1.82, 2.24) is 15.2 Å². The number of halogens is 2. The van der Waals surface area contributed by atoms with Crippen LogP contribution >= 0.6 is 28.3 Å². The molecule has 1 aromatic carbocycles. The quantitative estimate of drug-likeness (QED) is 0.774. The lowest BCUT2D eigenvalue weighted by Crippen LogP contribution is -2.46. The van der Waals surface area contributed by atoms with E-state index in [1.165, 1.54) is 0 Å². The summed E-state index contributed by atoms with van der Waals surface area (Å²) < 4.78 is 3.16. The fourth-order valence-corrected chi connectivity index (χ4v) is 3.92. The molecule has 6 heteroatoms. The summed E-state index contributed by atoms with van der Waals surface area (Å²) in [6.45, 7) is 7.17. The first-order chi connectivity index (χ1) is 11.5. The number of piperidine rings is 1. The van der Waals surface area contributed by atoms with Crippen LogP contribution in [0.2, 0.25) is 0 Å². The van der Waals surface area contributed by atoms with Crippen molar-refractivity contribution < 1.29 is 4.79 Å². The number of aryl methyl sites for hydroxylation is 1. The van der Waals surface area contributed by atoms with Crippen molar-refractivity contribution in [2.75, 3.05) is 6.54 Å². The van der Waals surface area contributed by atoms with Crippen LogP contribution in [0.4, 0.5) is 0 Å². The third-order valence-corrected chi connectivity index (χ3v) is 5.19. The summed E-state index contributed by atoms with van der Waals surface area (Å²) in [5.41, 5.74) is 3.87.